The van der Waals surface area contributed by atoms with E-state index in [0.717, 1.165) is 13.0 Å². The van der Waals surface area contributed by atoms with Crippen LogP contribution in [0.25, 0.3) is 0 Å². The van der Waals surface area contributed by atoms with Gasteiger partial charge in [-0.15, -0.1) is 0 Å². The van der Waals surface area contributed by atoms with Crippen molar-refractivity contribution in [3.05, 3.63) is 11.0 Å². The minimum Gasteiger partial charge on any atom is -0.393 e. The van der Waals surface area contributed by atoms with Crippen LogP contribution in [0.4, 0.5) is 11.5 Å². The highest BCUT2D eigenvalue weighted by Gasteiger charge is 2.09. The van der Waals surface area contributed by atoms with E-state index in [2.05, 4.69) is 22.2 Å². The predicted octanol–water partition coefficient (Wildman–Crippen LogP) is 2.46. The number of nitrogen functional groups attached to an aromatic ring is 1. The average molecular weight is 259 g/mol. The molecule has 96 valence electrons. The SMILES string of the molecule is CCCCCNc1nc(COC)nc(Cl)c1N. The molecule has 0 amide bonds. The molecule has 1 aromatic rings. The third-order valence-electron chi connectivity index (χ3n) is 2.29. The molecule has 0 aliphatic rings. The zero-order chi connectivity index (χ0) is 12.7. The van der Waals surface area contributed by atoms with Crippen molar-refractivity contribution in [2.45, 2.75) is 32.8 Å². The van der Waals surface area contributed by atoms with E-state index >= 15 is 0 Å². The molecule has 1 heterocycles. The zero-order valence-electron chi connectivity index (χ0n) is 10.3. The molecule has 0 aromatic carbocycles. The van der Waals surface area contributed by atoms with Crippen LogP contribution in [0.2, 0.25) is 5.15 Å². The smallest absolute Gasteiger partial charge is 0.158 e. The van der Waals surface area contributed by atoms with Crippen molar-refractivity contribution in [1.29, 1.82) is 0 Å². The van der Waals surface area contributed by atoms with Gasteiger partial charge in [-0.3, -0.25) is 0 Å². The second kappa shape index (κ2) is 7.29. The number of hydrogen-bond donors (Lipinski definition) is 2. The highest BCUT2D eigenvalue weighted by Crippen LogP contribution is 2.23. The Labute approximate surface area is 107 Å². The van der Waals surface area contributed by atoms with E-state index in [1.54, 1.807) is 7.11 Å². The number of unbranched alkanes of at least 4 members (excludes halogenated alkanes) is 2. The van der Waals surface area contributed by atoms with E-state index in [9.17, 15) is 0 Å². The molecule has 0 radical (unpaired) electrons. The Balaban J connectivity index is 2.68. The number of nitrogens with two attached hydrogens (primary N) is 1. The van der Waals surface area contributed by atoms with Crippen LogP contribution in [-0.4, -0.2) is 23.6 Å². The summed E-state index contributed by atoms with van der Waals surface area (Å²) < 4.78 is 4.97. The summed E-state index contributed by atoms with van der Waals surface area (Å²) in [6.07, 6.45) is 3.43. The number of hydrogen-bond acceptors (Lipinski definition) is 5. The summed E-state index contributed by atoms with van der Waals surface area (Å²) in [6, 6.07) is 0. The number of methoxy groups -OCH3 is 1. The van der Waals surface area contributed by atoms with Gasteiger partial charge < -0.3 is 15.8 Å². The Hall–Kier alpha value is -1.07. The van der Waals surface area contributed by atoms with Gasteiger partial charge in [-0.1, -0.05) is 31.4 Å². The van der Waals surface area contributed by atoms with Gasteiger partial charge in [-0.25, -0.2) is 9.97 Å². The lowest BCUT2D eigenvalue weighted by Gasteiger charge is -2.10. The van der Waals surface area contributed by atoms with E-state index in [-0.39, 0.29) is 5.15 Å². The standard InChI is InChI=1S/C11H19ClN4O/c1-3-4-5-6-14-11-9(13)10(12)15-8(16-11)7-17-2/h3-7,13H2,1-2H3,(H,14,15,16). The second-order valence-corrected chi connectivity index (χ2v) is 4.12. The summed E-state index contributed by atoms with van der Waals surface area (Å²) in [5, 5.41) is 3.44. The minimum absolute atomic E-state index is 0.269. The van der Waals surface area contributed by atoms with Gasteiger partial charge >= 0.3 is 0 Å². The zero-order valence-corrected chi connectivity index (χ0v) is 11.0. The first kappa shape index (κ1) is 14.0. The number of aromatic nitrogens is 2. The van der Waals surface area contributed by atoms with Crippen LogP contribution < -0.4 is 11.1 Å². The lowest BCUT2D eigenvalue weighted by atomic mass is 10.2. The third-order valence-corrected chi connectivity index (χ3v) is 2.58. The van der Waals surface area contributed by atoms with Crippen molar-refractivity contribution in [1.82, 2.24) is 9.97 Å². The fourth-order valence-electron chi connectivity index (χ4n) is 1.40. The third kappa shape index (κ3) is 4.36. The van der Waals surface area contributed by atoms with Crippen molar-refractivity contribution in [3.8, 4) is 0 Å². The van der Waals surface area contributed by atoms with Crippen molar-refractivity contribution < 1.29 is 4.74 Å². The van der Waals surface area contributed by atoms with E-state index in [4.69, 9.17) is 22.1 Å². The normalized spacial score (nSPS) is 10.5. The van der Waals surface area contributed by atoms with Gasteiger partial charge in [0.2, 0.25) is 0 Å². The molecule has 0 atom stereocenters. The molecule has 1 aromatic heterocycles. The van der Waals surface area contributed by atoms with Gasteiger partial charge in [-0.05, 0) is 6.42 Å². The first-order valence-corrected chi connectivity index (χ1v) is 6.11. The van der Waals surface area contributed by atoms with Crippen LogP contribution in [0, 0.1) is 0 Å². The Bertz CT molecular complexity index is 360. The lowest BCUT2D eigenvalue weighted by molar-refractivity contribution is 0.178. The maximum Gasteiger partial charge on any atom is 0.158 e. The largest absolute Gasteiger partial charge is 0.393 e. The lowest BCUT2D eigenvalue weighted by Crippen LogP contribution is -2.10. The molecule has 0 aliphatic carbocycles. The molecule has 3 N–H and O–H groups in total. The molecule has 0 spiro atoms. The summed E-state index contributed by atoms with van der Waals surface area (Å²) >= 11 is 5.92. The maximum atomic E-state index is 5.92. The minimum atomic E-state index is 0.269. The van der Waals surface area contributed by atoms with Crippen molar-refractivity contribution in [2.75, 3.05) is 24.7 Å². The molecule has 0 fully saturated rings. The van der Waals surface area contributed by atoms with Gasteiger partial charge in [-0.2, -0.15) is 0 Å². The van der Waals surface area contributed by atoms with Gasteiger partial charge in [0, 0.05) is 13.7 Å². The van der Waals surface area contributed by atoms with E-state index in [0.29, 0.717) is 23.9 Å². The average Bonchev–Trinajstić information content (AvgIpc) is 2.31. The molecule has 0 bridgehead atoms. The quantitative estimate of drug-likeness (QED) is 0.581. The molecule has 1 rings (SSSR count). The summed E-state index contributed by atoms with van der Waals surface area (Å²) in [7, 11) is 1.59. The van der Waals surface area contributed by atoms with Crippen LogP contribution in [0.1, 0.15) is 32.0 Å². The van der Waals surface area contributed by atoms with Crippen molar-refractivity contribution >= 4 is 23.1 Å². The number of nitrogens with one attached hydrogen (secondary N) is 1. The molecule has 0 aliphatic heterocycles. The number of rotatable bonds is 7. The number of halogens is 1. The maximum absolute atomic E-state index is 5.92. The fourth-order valence-corrected chi connectivity index (χ4v) is 1.58. The number of anilines is 2. The Morgan fingerprint density at radius 3 is 2.76 bits per heavy atom. The summed E-state index contributed by atoms with van der Waals surface area (Å²) in [4.78, 5) is 8.30. The second-order valence-electron chi connectivity index (χ2n) is 3.76. The summed E-state index contributed by atoms with van der Waals surface area (Å²) in [5.74, 6) is 1.12. The summed E-state index contributed by atoms with van der Waals surface area (Å²) in [5.41, 5.74) is 6.19. The molecule has 0 unspecified atom stereocenters. The molecule has 0 saturated heterocycles. The topological polar surface area (TPSA) is 73.1 Å². The highest BCUT2D eigenvalue weighted by atomic mass is 35.5. The van der Waals surface area contributed by atoms with E-state index in [1.165, 1.54) is 12.8 Å². The fraction of sp³-hybridized carbons (Fsp3) is 0.636. The van der Waals surface area contributed by atoms with Crippen molar-refractivity contribution in [2.24, 2.45) is 0 Å². The van der Waals surface area contributed by atoms with Crippen LogP contribution in [0.15, 0.2) is 0 Å². The molecular formula is C11H19ClN4O. The van der Waals surface area contributed by atoms with Crippen LogP contribution in [0.3, 0.4) is 0 Å². The molecule has 0 saturated carbocycles. The first-order valence-electron chi connectivity index (χ1n) is 5.73. The summed E-state index contributed by atoms with van der Waals surface area (Å²) in [6.45, 7) is 3.31. The molecular weight excluding hydrogens is 240 g/mol. The van der Waals surface area contributed by atoms with Crippen LogP contribution in [-0.2, 0) is 11.3 Å². The highest BCUT2D eigenvalue weighted by molar-refractivity contribution is 6.32. The molecule has 17 heavy (non-hydrogen) atoms. The van der Waals surface area contributed by atoms with Gasteiger partial charge in [0.15, 0.2) is 16.8 Å². The first-order chi connectivity index (χ1) is 8.19. The number of ether oxygens (including phenoxy) is 1. The van der Waals surface area contributed by atoms with Gasteiger partial charge in [0.25, 0.3) is 0 Å². The number of nitrogens with zero attached hydrogens (tertiary/aromatic N) is 2. The van der Waals surface area contributed by atoms with Crippen molar-refractivity contribution in [3.63, 3.8) is 0 Å². The van der Waals surface area contributed by atoms with Crippen LogP contribution >= 0.6 is 11.6 Å². The Kier molecular flexibility index (Phi) is 6.00. The molecule has 6 heteroatoms. The van der Waals surface area contributed by atoms with Gasteiger partial charge in [0.1, 0.15) is 12.3 Å². The Morgan fingerprint density at radius 1 is 1.35 bits per heavy atom. The monoisotopic (exact) mass is 258 g/mol. The van der Waals surface area contributed by atoms with E-state index < -0.39 is 0 Å². The predicted molar refractivity (Wildman–Crippen MR) is 70.2 cm³/mol. The molecule has 5 nitrogen and oxygen atoms in total. The van der Waals surface area contributed by atoms with Gasteiger partial charge in [0.05, 0.1) is 0 Å². The Morgan fingerprint density at radius 2 is 2.12 bits per heavy atom. The van der Waals surface area contributed by atoms with Crippen LogP contribution in [0.5, 0.6) is 0 Å². The van der Waals surface area contributed by atoms with E-state index in [1.807, 2.05) is 0 Å².